The largest absolute Gasteiger partial charge is 0.443 e. The first-order valence-corrected chi connectivity index (χ1v) is 19.4. The fraction of sp³-hybridized carbons (Fsp3) is 0.882. The molecule has 4 amide bonds. The average Bonchev–Trinajstić information content (AvgIpc) is 3.53. The third-order valence-electron chi connectivity index (χ3n) is 6.63. The molecule has 2 bridgehead atoms. The van der Waals surface area contributed by atoms with E-state index in [0.717, 1.165) is 38.4 Å². The highest BCUT2D eigenvalue weighted by molar-refractivity contribution is 7.85. The van der Waals surface area contributed by atoms with Gasteiger partial charge in [0.2, 0.25) is 0 Å². The van der Waals surface area contributed by atoms with Crippen LogP contribution in [0.4, 0.5) is 19.2 Å². The molecule has 2 N–H and O–H groups in total. The van der Waals surface area contributed by atoms with E-state index >= 15 is 0 Å². The van der Waals surface area contributed by atoms with Gasteiger partial charge in [-0.25, -0.2) is 40.0 Å². The van der Waals surface area contributed by atoms with Gasteiger partial charge in [-0.1, -0.05) is 6.92 Å². The Balaban J connectivity index is 0.000000410. The van der Waals surface area contributed by atoms with Gasteiger partial charge in [-0.15, -0.1) is 0 Å². The van der Waals surface area contributed by atoms with Gasteiger partial charge in [0, 0.05) is 0 Å². The van der Waals surface area contributed by atoms with Crippen LogP contribution in [0.2, 0.25) is 0 Å². The summed E-state index contributed by atoms with van der Waals surface area (Å²) in [5, 5.41) is 2.65. The second-order valence-corrected chi connectivity index (χ2v) is 18.3. The molecular weight excluding hydrogens is 704 g/mol. The minimum absolute atomic E-state index is 0.0420. The van der Waals surface area contributed by atoms with Crippen molar-refractivity contribution in [3.63, 3.8) is 0 Å². The van der Waals surface area contributed by atoms with Gasteiger partial charge >= 0.3 is 24.4 Å². The smallest absolute Gasteiger partial charge is 0.429 e. The van der Waals surface area contributed by atoms with Crippen LogP contribution in [0.15, 0.2) is 0 Å². The van der Waals surface area contributed by atoms with Gasteiger partial charge in [-0.05, 0) is 115 Å². The summed E-state index contributed by atoms with van der Waals surface area (Å²) in [6.07, 6.45) is 3.22. The van der Waals surface area contributed by atoms with Crippen LogP contribution in [0, 0.1) is 0 Å². The van der Waals surface area contributed by atoms with Gasteiger partial charge in [0.15, 0.2) is 0 Å². The van der Waals surface area contributed by atoms with Crippen LogP contribution < -0.4 is 10.9 Å². The number of carbonyl (C=O) groups is 4. The molecule has 4 unspecified atom stereocenters. The molecule has 3 rings (SSSR count). The van der Waals surface area contributed by atoms with E-state index in [9.17, 15) is 27.6 Å². The van der Waals surface area contributed by atoms with Crippen molar-refractivity contribution >= 4 is 34.5 Å². The summed E-state index contributed by atoms with van der Waals surface area (Å²) in [5.74, 6) is 0. The molecule has 3 aliphatic rings. The molecule has 0 aromatic rings. The van der Waals surface area contributed by atoms with Crippen LogP contribution in [-0.4, -0.2) is 116 Å². The van der Waals surface area contributed by atoms with E-state index < -0.39 is 56.9 Å². The first-order valence-electron chi connectivity index (χ1n) is 17.6. The third-order valence-corrected chi connectivity index (χ3v) is 7.20. The van der Waals surface area contributed by atoms with Crippen molar-refractivity contribution in [3.8, 4) is 0 Å². The van der Waals surface area contributed by atoms with Crippen molar-refractivity contribution in [3.05, 3.63) is 0 Å². The Bertz CT molecular complexity index is 1210. The zero-order valence-corrected chi connectivity index (χ0v) is 34.4. The molecule has 0 aliphatic carbocycles. The Hall–Kier alpha value is -3.09. The van der Waals surface area contributed by atoms with Gasteiger partial charge in [0.1, 0.15) is 22.4 Å². The number of carbonyl (C=O) groups excluding carboxylic acids is 4. The Morgan fingerprint density at radius 3 is 1.29 bits per heavy atom. The normalized spacial score (nSPS) is 22.0. The minimum Gasteiger partial charge on any atom is -0.443 e. The second-order valence-electron chi connectivity index (χ2n) is 16.7. The Labute approximate surface area is 310 Å². The van der Waals surface area contributed by atoms with Crippen LogP contribution in [0.25, 0.3) is 0 Å². The number of amides is 4. The SMILES string of the molecule is CC(C)(C)OC(=O)N1CC2CCC(CN1C(=O)OC(C)(C)C)O2.CC(C)(C)OC(=O)NNC(=O)OC(C)(C)C.CCC1CCC(COS(C)(=O)=O)O1. The summed E-state index contributed by atoms with van der Waals surface area (Å²) in [5.41, 5.74) is 1.66. The standard InChI is InChI=1S/C16H28N2O5.C10H20N2O4.C8H16O4S/c1-15(2,3)22-13(19)17-9-11-7-8-12(21-11)10-18(17)14(20)23-16(4,5)6;1-9(2,3)15-7(13)11-12-8(14)16-10(4,5)6;1-3-7-4-5-8(12-7)6-11-13(2,9)10/h11-12H,7-10H2,1-6H3;1-6H3,(H,11,13)(H,12,14);7-8H,3-6H2,1-2H3. The molecule has 3 saturated heterocycles. The molecular formula is C34H64N4O13S. The molecule has 0 aromatic heterocycles. The first-order chi connectivity index (χ1) is 23.4. The number of ether oxygens (including phenoxy) is 6. The average molecular weight is 769 g/mol. The summed E-state index contributed by atoms with van der Waals surface area (Å²) in [4.78, 5) is 47.3. The Morgan fingerprint density at radius 2 is 0.981 bits per heavy atom. The molecule has 52 heavy (non-hydrogen) atoms. The van der Waals surface area contributed by atoms with Crippen LogP contribution >= 0.6 is 0 Å². The highest BCUT2D eigenvalue weighted by Crippen LogP contribution is 2.28. The molecule has 17 nitrogen and oxygen atoms in total. The van der Waals surface area contributed by atoms with Crippen LogP contribution in [-0.2, 0) is 42.7 Å². The predicted octanol–water partition coefficient (Wildman–Crippen LogP) is 5.81. The number of fused-ring (bicyclic) bond motifs is 2. The summed E-state index contributed by atoms with van der Waals surface area (Å²) in [7, 11) is -3.32. The lowest BCUT2D eigenvalue weighted by Gasteiger charge is -2.36. The monoisotopic (exact) mass is 768 g/mol. The maximum atomic E-state index is 12.5. The number of hydrogen-bond acceptors (Lipinski definition) is 13. The molecule has 0 saturated carbocycles. The molecule has 3 heterocycles. The van der Waals surface area contributed by atoms with Crippen molar-refractivity contribution in [2.75, 3.05) is 26.0 Å². The van der Waals surface area contributed by atoms with E-state index in [1.807, 2.05) is 0 Å². The van der Waals surface area contributed by atoms with E-state index in [4.69, 9.17) is 28.4 Å². The maximum Gasteiger partial charge on any atom is 0.429 e. The molecule has 3 fully saturated rings. The molecule has 3 aliphatic heterocycles. The highest BCUT2D eigenvalue weighted by atomic mass is 32.2. The van der Waals surface area contributed by atoms with Crippen molar-refractivity contribution in [1.29, 1.82) is 0 Å². The van der Waals surface area contributed by atoms with Gasteiger partial charge < -0.3 is 28.4 Å². The fourth-order valence-corrected chi connectivity index (χ4v) is 5.12. The summed E-state index contributed by atoms with van der Waals surface area (Å²) in [6.45, 7) is 23.9. The van der Waals surface area contributed by atoms with E-state index in [1.165, 1.54) is 10.0 Å². The molecule has 0 aromatic carbocycles. The Kier molecular flexibility index (Phi) is 17.4. The number of nitrogens with zero attached hydrogens (tertiary/aromatic N) is 2. The second kappa shape index (κ2) is 19.3. The topological polar surface area (TPSA) is 198 Å². The van der Waals surface area contributed by atoms with Crippen LogP contribution in [0.5, 0.6) is 0 Å². The van der Waals surface area contributed by atoms with Gasteiger partial charge in [-0.3, -0.25) is 4.18 Å². The molecule has 4 atom stereocenters. The van der Waals surface area contributed by atoms with Crippen molar-refractivity contribution in [2.24, 2.45) is 0 Å². The lowest BCUT2D eigenvalue weighted by molar-refractivity contribution is -0.0628. The maximum absolute atomic E-state index is 12.5. The van der Waals surface area contributed by atoms with Gasteiger partial charge in [0.05, 0.1) is 50.4 Å². The number of hydrogen-bond donors (Lipinski definition) is 2. The van der Waals surface area contributed by atoms with E-state index in [1.54, 1.807) is 83.1 Å². The highest BCUT2D eigenvalue weighted by Gasteiger charge is 2.42. The fourth-order valence-electron chi connectivity index (χ4n) is 4.72. The molecule has 18 heteroatoms. The summed E-state index contributed by atoms with van der Waals surface area (Å²) < 4.78 is 58.0. The summed E-state index contributed by atoms with van der Waals surface area (Å²) >= 11 is 0. The molecule has 0 spiro atoms. The van der Waals surface area contributed by atoms with Crippen molar-refractivity contribution < 1.29 is 60.2 Å². The van der Waals surface area contributed by atoms with E-state index in [2.05, 4.69) is 22.0 Å². The first kappa shape index (κ1) is 46.9. The van der Waals surface area contributed by atoms with Crippen molar-refractivity contribution in [2.45, 2.75) is 169 Å². The van der Waals surface area contributed by atoms with Gasteiger partial charge in [0.25, 0.3) is 10.1 Å². The van der Waals surface area contributed by atoms with Gasteiger partial charge in [-0.2, -0.15) is 8.42 Å². The molecule has 0 radical (unpaired) electrons. The zero-order chi connectivity index (χ0) is 40.3. The predicted molar refractivity (Wildman–Crippen MR) is 191 cm³/mol. The lowest BCUT2D eigenvalue weighted by atomic mass is 10.1. The number of nitrogens with one attached hydrogen (secondary N) is 2. The number of rotatable bonds is 4. The minimum atomic E-state index is -3.32. The van der Waals surface area contributed by atoms with Crippen molar-refractivity contribution in [1.82, 2.24) is 20.9 Å². The number of hydrazine groups is 2. The quantitative estimate of drug-likeness (QED) is 0.198. The lowest BCUT2D eigenvalue weighted by Crippen LogP contribution is -2.55. The van der Waals surface area contributed by atoms with E-state index in [-0.39, 0.29) is 31.0 Å². The summed E-state index contributed by atoms with van der Waals surface area (Å²) in [6, 6.07) is 0. The zero-order valence-electron chi connectivity index (χ0n) is 33.6. The van der Waals surface area contributed by atoms with E-state index in [0.29, 0.717) is 13.1 Å². The molecule has 304 valence electrons. The third kappa shape index (κ3) is 21.4. The van der Waals surface area contributed by atoms with Crippen LogP contribution in [0.1, 0.15) is 122 Å². The van der Waals surface area contributed by atoms with Crippen LogP contribution in [0.3, 0.4) is 0 Å². The Morgan fingerprint density at radius 1 is 0.615 bits per heavy atom.